The summed E-state index contributed by atoms with van der Waals surface area (Å²) in [6.07, 6.45) is 10.6. The molecule has 0 saturated heterocycles. The molecule has 0 heterocycles. The van der Waals surface area contributed by atoms with Gasteiger partial charge in [0.2, 0.25) is 0 Å². The SMILES string of the molecule is CC1CCC(C)C(O)CC2=CCC3C4(C)CC(O)C(O)C(C)(C)C4CCC3(C)C2(C)CC1. The summed E-state index contributed by atoms with van der Waals surface area (Å²) >= 11 is 0. The lowest BCUT2D eigenvalue weighted by atomic mass is 9.36. The van der Waals surface area contributed by atoms with E-state index in [-0.39, 0.29) is 27.8 Å². The van der Waals surface area contributed by atoms with Crippen LogP contribution in [-0.4, -0.2) is 33.6 Å². The number of hydrogen-bond acceptors (Lipinski definition) is 3. The predicted octanol–water partition coefficient (Wildman–Crippen LogP) is 6.11. The lowest BCUT2D eigenvalue weighted by molar-refractivity contribution is -0.227. The van der Waals surface area contributed by atoms with Crippen molar-refractivity contribution < 1.29 is 15.3 Å². The Hall–Kier alpha value is -0.380. The summed E-state index contributed by atoms with van der Waals surface area (Å²) < 4.78 is 0. The Morgan fingerprint density at radius 1 is 0.812 bits per heavy atom. The van der Waals surface area contributed by atoms with Gasteiger partial charge in [0.05, 0.1) is 18.3 Å². The Kier molecular flexibility index (Phi) is 6.25. The highest BCUT2D eigenvalue weighted by Crippen LogP contribution is 2.72. The van der Waals surface area contributed by atoms with E-state index in [9.17, 15) is 15.3 Å². The summed E-state index contributed by atoms with van der Waals surface area (Å²) in [6, 6.07) is 0. The largest absolute Gasteiger partial charge is 0.393 e. The molecule has 10 unspecified atom stereocenters. The van der Waals surface area contributed by atoms with Crippen LogP contribution in [0, 0.1) is 45.3 Å². The van der Waals surface area contributed by atoms with Crippen LogP contribution in [0.1, 0.15) is 106 Å². The molecule has 3 saturated carbocycles. The van der Waals surface area contributed by atoms with Crippen LogP contribution >= 0.6 is 0 Å². The first kappa shape index (κ1) is 24.7. The van der Waals surface area contributed by atoms with Gasteiger partial charge in [0.15, 0.2) is 0 Å². The molecule has 3 N–H and O–H groups in total. The molecule has 0 aliphatic heterocycles. The lowest BCUT2D eigenvalue weighted by Gasteiger charge is -2.69. The third-order valence-corrected chi connectivity index (χ3v) is 11.9. The fourth-order valence-corrected chi connectivity index (χ4v) is 9.33. The molecule has 3 heteroatoms. The minimum atomic E-state index is -0.640. The third kappa shape index (κ3) is 3.47. The number of fused-ring (bicyclic) bond motifs is 5. The second-order valence-electron chi connectivity index (χ2n) is 13.9. The van der Waals surface area contributed by atoms with Crippen LogP contribution in [-0.2, 0) is 0 Å². The fourth-order valence-electron chi connectivity index (χ4n) is 9.33. The van der Waals surface area contributed by atoms with Gasteiger partial charge in [0.25, 0.3) is 0 Å². The zero-order chi connectivity index (χ0) is 23.7. The van der Waals surface area contributed by atoms with Gasteiger partial charge in [-0.05, 0) is 96.7 Å². The van der Waals surface area contributed by atoms with Gasteiger partial charge in [-0.2, -0.15) is 0 Å². The van der Waals surface area contributed by atoms with Crippen LogP contribution in [0.2, 0.25) is 0 Å². The Balaban J connectivity index is 1.77. The minimum absolute atomic E-state index is 0.0209. The smallest absolute Gasteiger partial charge is 0.0852 e. The highest BCUT2D eigenvalue weighted by atomic mass is 16.3. The first-order valence-electron chi connectivity index (χ1n) is 13.5. The van der Waals surface area contributed by atoms with Gasteiger partial charge in [-0.15, -0.1) is 0 Å². The molecule has 0 radical (unpaired) electrons. The van der Waals surface area contributed by atoms with Crippen LogP contribution in [0.5, 0.6) is 0 Å². The van der Waals surface area contributed by atoms with E-state index in [0.29, 0.717) is 30.1 Å². The van der Waals surface area contributed by atoms with Crippen molar-refractivity contribution in [2.24, 2.45) is 45.3 Å². The van der Waals surface area contributed by atoms with Crippen molar-refractivity contribution in [3.05, 3.63) is 11.6 Å². The average molecular weight is 447 g/mol. The first-order chi connectivity index (χ1) is 14.8. The standard InChI is InChI=1S/C29H50O3/c1-18-8-9-19(2)21(30)16-20-10-11-24-27(5)17-22(31)25(32)26(3,4)23(27)13-15-29(24,7)28(20,6)14-12-18/h10,18-19,21-25,30-32H,8-9,11-17H2,1-7H3. The average Bonchev–Trinajstić information content (AvgIpc) is 2.71. The number of allylic oxidation sites excluding steroid dienone is 1. The van der Waals surface area contributed by atoms with Crippen molar-refractivity contribution >= 4 is 0 Å². The minimum Gasteiger partial charge on any atom is -0.393 e. The van der Waals surface area contributed by atoms with Crippen molar-refractivity contribution in [2.75, 3.05) is 0 Å². The summed E-state index contributed by atoms with van der Waals surface area (Å²) in [7, 11) is 0. The molecular weight excluding hydrogens is 396 g/mol. The molecule has 0 aromatic carbocycles. The molecule has 0 aromatic rings. The van der Waals surface area contributed by atoms with Crippen molar-refractivity contribution in [3.63, 3.8) is 0 Å². The maximum absolute atomic E-state index is 11.1. The predicted molar refractivity (Wildman–Crippen MR) is 131 cm³/mol. The maximum Gasteiger partial charge on any atom is 0.0852 e. The second-order valence-corrected chi connectivity index (χ2v) is 13.9. The fraction of sp³-hybridized carbons (Fsp3) is 0.931. The molecular formula is C29H50O3. The summed E-state index contributed by atoms with van der Waals surface area (Å²) in [5.41, 5.74) is 1.49. The first-order valence-corrected chi connectivity index (χ1v) is 13.5. The Morgan fingerprint density at radius 3 is 2.19 bits per heavy atom. The number of hydrogen-bond donors (Lipinski definition) is 3. The van der Waals surface area contributed by atoms with Crippen LogP contribution in [0.15, 0.2) is 11.6 Å². The Labute approximate surface area is 197 Å². The van der Waals surface area contributed by atoms with E-state index < -0.39 is 12.2 Å². The van der Waals surface area contributed by atoms with Crippen LogP contribution in [0.3, 0.4) is 0 Å². The topological polar surface area (TPSA) is 60.7 Å². The highest BCUT2D eigenvalue weighted by Gasteiger charge is 2.66. The number of aliphatic hydroxyl groups excluding tert-OH is 3. The molecule has 32 heavy (non-hydrogen) atoms. The molecule has 0 spiro atoms. The molecule has 184 valence electrons. The molecule has 0 amide bonds. The molecule has 4 rings (SSSR count). The van der Waals surface area contributed by atoms with Crippen molar-refractivity contribution in [1.29, 1.82) is 0 Å². The van der Waals surface area contributed by atoms with E-state index in [1.54, 1.807) is 0 Å². The van der Waals surface area contributed by atoms with Gasteiger partial charge in [0.1, 0.15) is 0 Å². The van der Waals surface area contributed by atoms with Gasteiger partial charge in [-0.3, -0.25) is 0 Å². The van der Waals surface area contributed by atoms with E-state index in [1.165, 1.54) is 31.3 Å². The van der Waals surface area contributed by atoms with Crippen LogP contribution in [0.4, 0.5) is 0 Å². The molecule has 4 aliphatic rings. The summed E-state index contributed by atoms with van der Waals surface area (Å²) in [4.78, 5) is 0. The normalized spacial score (nSPS) is 53.9. The van der Waals surface area contributed by atoms with Gasteiger partial charge in [-0.25, -0.2) is 0 Å². The Morgan fingerprint density at radius 2 is 1.50 bits per heavy atom. The van der Waals surface area contributed by atoms with Crippen molar-refractivity contribution in [3.8, 4) is 0 Å². The Bertz CT molecular complexity index is 743. The summed E-state index contributed by atoms with van der Waals surface area (Å²) in [5.74, 6) is 1.98. The second kappa shape index (κ2) is 8.09. The maximum atomic E-state index is 11.1. The zero-order valence-electron chi connectivity index (χ0n) is 21.8. The third-order valence-electron chi connectivity index (χ3n) is 11.9. The molecule has 10 atom stereocenters. The highest BCUT2D eigenvalue weighted by molar-refractivity contribution is 5.28. The van der Waals surface area contributed by atoms with E-state index in [0.717, 1.165) is 25.7 Å². The molecule has 0 bridgehead atoms. The number of aliphatic hydroxyl groups is 3. The van der Waals surface area contributed by atoms with Crippen LogP contribution < -0.4 is 0 Å². The zero-order valence-corrected chi connectivity index (χ0v) is 21.8. The summed E-state index contributed by atoms with van der Waals surface area (Å²) in [6.45, 7) is 16.5. The summed E-state index contributed by atoms with van der Waals surface area (Å²) in [5, 5.41) is 32.9. The quantitative estimate of drug-likeness (QED) is 0.393. The van der Waals surface area contributed by atoms with E-state index in [1.807, 2.05) is 0 Å². The number of rotatable bonds is 0. The molecule has 3 fully saturated rings. The van der Waals surface area contributed by atoms with Gasteiger partial charge in [-0.1, -0.05) is 66.5 Å². The molecule has 0 aromatic heterocycles. The van der Waals surface area contributed by atoms with Crippen LogP contribution in [0.25, 0.3) is 0 Å². The van der Waals surface area contributed by atoms with Gasteiger partial charge < -0.3 is 15.3 Å². The van der Waals surface area contributed by atoms with E-state index in [4.69, 9.17) is 0 Å². The van der Waals surface area contributed by atoms with Crippen molar-refractivity contribution in [2.45, 2.75) is 125 Å². The lowest BCUT2D eigenvalue weighted by Crippen LogP contribution is -2.65. The van der Waals surface area contributed by atoms with Gasteiger partial charge in [0, 0.05) is 0 Å². The van der Waals surface area contributed by atoms with Gasteiger partial charge >= 0.3 is 0 Å². The van der Waals surface area contributed by atoms with E-state index >= 15 is 0 Å². The molecule has 4 aliphatic carbocycles. The molecule has 3 nitrogen and oxygen atoms in total. The van der Waals surface area contributed by atoms with Crippen molar-refractivity contribution in [1.82, 2.24) is 0 Å². The van der Waals surface area contributed by atoms with E-state index in [2.05, 4.69) is 54.5 Å². The monoisotopic (exact) mass is 446 g/mol.